The van der Waals surface area contributed by atoms with Gasteiger partial charge in [-0.25, -0.2) is 4.79 Å². The van der Waals surface area contributed by atoms with Crippen LogP contribution in [0.15, 0.2) is 22.9 Å². The first-order valence-corrected chi connectivity index (χ1v) is 8.92. The Morgan fingerprint density at radius 3 is 2.38 bits per heavy atom. The van der Waals surface area contributed by atoms with Crippen molar-refractivity contribution in [1.29, 1.82) is 0 Å². The van der Waals surface area contributed by atoms with E-state index in [-0.39, 0.29) is 11.9 Å². The standard InChI is InChI=1S/C19H30N2O3/c1-14-9-10-15(18(23)24-19(2,3)4)17(14)20-16(22)13-21-11-7-5-6-8-12-21/h9H,5-8,10-13H2,1-4H3,(H,20,22). The molecule has 134 valence electrons. The molecule has 2 aliphatic rings. The topological polar surface area (TPSA) is 58.6 Å². The predicted octanol–water partition coefficient (Wildman–Crippen LogP) is 2.92. The van der Waals surface area contributed by atoms with Crippen molar-refractivity contribution in [2.24, 2.45) is 0 Å². The van der Waals surface area contributed by atoms with Gasteiger partial charge in [-0.1, -0.05) is 18.9 Å². The highest BCUT2D eigenvalue weighted by atomic mass is 16.6. The average molecular weight is 334 g/mol. The third-order valence-electron chi connectivity index (χ3n) is 4.28. The van der Waals surface area contributed by atoms with E-state index >= 15 is 0 Å². The molecule has 1 aliphatic carbocycles. The third-order valence-corrected chi connectivity index (χ3v) is 4.28. The van der Waals surface area contributed by atoms with Crippen molar-refractivity contribution in [3.8, 4) is 0 Å². The number of ether oxygens (including phenoxy) is 1. The zero-order valence-electron chi connectivity index (χ0n) is 15.4. The Kier molecular flexibility index (Phi) is 6.21. The van der Waals surface area contributed by atoms with Crippen LogP contribution < -0.4 is 5.32 Å². The van der Waals surface area contributed by atoms with Crippen molar-refractivity contribution in [1.82, 2.24) is 10.2 Å². The summed E-state index contributed by atoms with van der Waals surface area (Å²) >= 11 is 0. The second-order valence-corrected chi connectivity index (χ2v) is 7.69. The summed E-state index contributed by atoms with van der Waals surface area (Å²) < 4.78 is 5.46. The Hall–Kier alpha value is -1.62. The maximum Gasteiger partial charge on any atom is 0.336 e. The van der Waals surface area contributed by atoms with Gasteiger partial charge in [0.25, 0.3) is 0 Å². The van der Waals surface area contributed by atoms with Crippen LogP contribution in [0.2, 0.25) is 0 Å². The predicted molar refractivity (Wildman–Crippen MR) is 94.3 cm³/mol. The van der Waals surface area contributed by atoms with Gasteiger partial charge in [0.05, 0.1) is 17.8 Å². The van der Waals surface area contributed by atoms with E-state index in [1.54, 1.807) is 0 Å². The first kappa shape index (κ1) is 18.7. The van der Waals surface area contributed by atoms with Crippen LogP contribution in [0, 0.1) is 0 Å². The van der Waals surface area contributed by atoms with Crippen LogP contribution >= 0.6 is 0 Å². The summed E-state index contributed by atoms with van der Waals surface area (Å²) in [5, 5.41) is 2.94. The maximum atomic E-state index is 12.4. The van der Waals surface area contributed by atoms with E-state index < -0.39 is 5.60 Å². The van der Waals surface area contributed by atoms with Gasteiger partial charge >= 0.3 is 5.97 Å². The first-order chi connectivity index (χ1) is 11.3. The first-order valence-electron chi connectivity index (χ1n) is 8.92. The van der Waals surface area contributed by atoms with Gasteiger partial charge in [-0.15, -0.1) is 0 Å². The van der Waals surface area contributed by atoms with E-state index in [0.29, 0.717) is 24.2 Å². The van der Waals surface area contributed by atoms with Gasteiger partial charge in [-0.2, -0.15) is 0 Å². The molecule has 1 saturated heterocycles. The van der Waals surface area contributed by atoms with Crippen molar-refractivity contribution in [2.75, 3.05) is 19.6 Å². The summed E-state index contributed by atoms with van der Waals surface area (Å²) in [5.41, 5.74) is 1.57. The summed E-state index contributed by atoms with van der Waals surface area (Å²) in [5.74, 6) is -0.400. The Morgan fingerprint density at radius 1 is 1.17 bits per heavy atom. The molecule has 24 heavy (non-hydrogen) atoms. The molecule has 2 rings (SSSR count). The Morgan fingerprint density at radius 2 is 1.79 bits per heavy atom. The maximum absolute atomic E-state index is 12.4. The molecule has 5 heteroatoms. The summed E-state index contributed by atoms with van der Waals surface area (Å²) in [7, 11) is 0. The second kappa shape index (κ2) is 7.97. The minimum atomic E-state index is -0.540. The quantitative estimate of drug-likeness (QED) is 0.803. The number of likely N-dealkylation sites (tertiary alicyclic amines) is 1. The third kappa shape index (κ3) is 5.48. The molecule has 5 nitrogen and oxygen atoms in total. The van der Waals surface area contributed by atoms with Crippen molar-refractivity contribution in [3.63, 3.8) is 0 Å². The van der Waals surface area contributed by atoms with Crippen LogP contribution in [0.1, 0.15) is 59.8 Å². The van der Waals surface area contributed by atoms with Crippen LogP contribution in [0.5, 0.6) is 0 Å². The zero-order chi connectivity index (χ0) is 17.7. The fourth-order valence-electron chi connectivity index (χ4n) is 3.07. The van der Waals surface area contributed by atoms with E-state index in [9.17, 15) is 9.59 Å². The SMILES string of the molecule is CC1=CCC(C(=O)OC(C)(C)C)=C1NC(=O)CN1CCCCCC1. The number of carbonyl (C=O) groups is 2. The molecule has 0 unspecified atom stereocenters. The molecule has 0 spiro atoms. The summed E-state index contributed by atoms with van der Waals surface area (Å²) in [6, 6.07) is 0. The monoisotopic (exact) mass is 334 g/mol. The number of hydrogen-bond donors (Lipinski definition) is 1. The molecular weight excluding hydrogens is 304 g/mol. The molecule has 1 amide bonds. The van der Waals surface area contributed by atoms with Gasteiger partial charge in [0, 0.05) is 6.42 Å². The van der Waals surface area contributed by atoms with Crippen molar-refractivity contribution < 1.29 is 14.3 Å². The number of rotatable bonds is 4. The average Bonchev–Trinajstić information content (AvgIpc) is 2.68. The van der Waals surface area contributed by atoms with Gasteiger partial charge in [-0.3, -0.25) is 9.69 Å². The molecule has 1 heterocycles. The number of carbonyl (C=O) groups excluding carboxylic acids is 2. The van der Waals surface area contributed by atoms with Crippen LogP contribution in [0.25, 0.3) is 0 Å². The number of allylic oxidation sites excluding steroid dienone is 2. The molecule has 0 bridgehead atoms. The number of hydrogen-bond acceptors (Lipinski definition) is 4. The van der Waals surface area contributed by atoms with Crippen LogP contribution in [-0.2, 0) is 14.3 Å². The van der Waals surface area contributed by atoms with E-state index in [1.165, 1.54) is 12.8 Å². The van der Waals surface area contributed by atoms with Gasteiger partial charge in [0.1, 0.15) is 5.60 Å². The summed E-state index contributed by atoms with van der Waals surface area (Å²) in [4.78, 5) is 27.0. The minimum absolute atomic E-state index is 0.0531. The Bertz CT molecular complexity index is 547. The van der Waals surface area contributed by atoms with Crippen molar-refractivity contribution in [3.05, 3.63) is 22.9 Å². The van der Waals surface area contributed by atoms with E-state index in [4.69, 9.17) is 4.74 Å². The molecule has 0 radical (unpaired) electrons. The Balaban J connectivity index is 2.01. The molecular formula is C19H30N2O3. The number of esters is 1. The lowest BCUT2D eigenvalue weighted by atomic mass is 10.1. The van der Waals surface area contributed by atoms with E-state index in [0.717, 1.165) is 31.5 Å². The van der Waals surface area contributed by atoms with Gasteiger partial charge in [0.15, 0.2) is 0 Å². The largest absolute Gasteiger partial charge is 0.457 e. The smallest absolute Gasteiger partial charge is 0.336 e. The minimum Gasteiger partial charge on any atom is -0.457 e. The summed E-state index contributed by atoms with van der Waals surface area (Å²) in [6.45, 7) is 9.78. The molecule has 0 aromatic heterocycles. The molecule has 0 saturated carbocycles. The van der Waals surface area contributed by atoms with Crippen molar-refractivity contribution in [2.45, 2.75) is 65.4 Å². The van der Waals surface area contributed by atoms with Crippen LogP contribution in [0.3, 0.4) is 0 Å². The zero-order valence-corrected chi connectivity index (χ0v) is 15.4. The molecule has 1 aliphatic heterocycles. The molecule has 1 N–H and O–H groups in total. The van der Waals surface area contributed by atoms with Gasteiger partial charge < -0.3 is 10.1 Å². The van der Waals surface area contributed by atoms with Gasteiger partial charge in [0.2, 0.25) is 5.91 Å². The van der Waals surface area contributed by atoms with E-state index in [2.05, 4.69) is 10.2 Å². The number of amides is 1. The molecule has 0 aromatic rings. The van der Waals surface area contributed by atoms with E-state index in [1.807, 2.05) is 33.8 Å². The fourth-order valence-corrected chi connectivity index (χ4v) is 3.07. The lowest BCUT2D eigenvalue weighted by Gasteiger charge is -2.22. The summed E-state index contributed by atoms with van der Waals surface area (Å²) in [6.07, 6.45) is 7.26. The highest BCUT2D eigenvalue weighted by Crippen LogP contribution is 2.26. The number of nitrogens with one attached hydrogen (secondary N) is 1. The van der Waals surface area contributed by atoms with Crippen molar-refractivity contribution >= 4 is 11.9 Å². The second-order valence-electron chi connectivity index (χ2n) is 7.69. The fraction of sp³-hybridized carbons (Fsp3) is 0.684. The highest BCUT2D eigenvalue weighted by Gasteiger charge is 2.27. The number of nitrogens with zero attached hydrogens (tertiary/aromatic N) is 1. The molecule has 0 aromatic carbocycles. The van der Waals surface area contributed by atoms with Gasteiger partial charge in [-0.05, 0) is 59.2 Å². The lowest BCUT2D eigenvalue weighted by molar-refractivity contribution is -0.150. The van der Waals surface area contributed by atoms with Crippen LogP contribution in [-0.4, -0.2) is 42.0 Å². The molecule has 1 fully saturated rings. The lowest BCUT2D eigenvalue weighted by Crippen LogP contribution is -2.38. The highest BCUT2D eigenvalue weighted by molar-refractivity contribution is 5.93. The Labute approximate surface area is 145 Å². The molecule has 0 atom stereocenters. The normalized spacial score (nSPS) is 19.8. The van der Waals surface area contributed by atoms with Crippen LogP contribution in [0.4, 0.5) is 0 Å².